The van der Waals surface area contributed by atoms with Crippen molar-refractivity contribution in [1.82, 2.24) is 0 Å². The number of ether oxygens (including phenoxy) is 1. The Morgan fingerprint density at radius 2 is 1.56 bits per heavy atom. The number of anilines is 1. The third kappa shape index (κ3) is 5.36. The Kier molecular flexibility index (Phi) is 6.65. The van der Waals surface area contributed by atoms with Crippen LogP contribution < -0.4 is 5.32 Å². The summed E-state index contributed by atoms with van der Waals surface area (Å²) in [7, 11) is 0. The summed E-state index contributed by atoms with van der Waals surface area (Å²) in [5.41, 5.74) is 2.71. The predicted octanol–water partition coefficient (Wildman–Crippen LogP) is 4.35. The number of aryl methyl sites for hydroxylation is 2. The lowest BCUT2D eigenvalue weighted by Crippen LogP contribution is -2.32. The van der Waals surface area contributed by atoms with Gasteiger partial charge in [-0.15, -0.1) is 11.8 Å². The lowest BCUT2D eigenvalue weighted by molar-refractivity contribution is -0.152. The third-order valence-corrected chi connectivity index (χ3v) is 4.87. The van der Waals surface area contributed by atoms with Crippen LogP contribution in [0.4, 0.5) is 5.69 Å². The van der Waals surface area contributed by atoms with E-state index in [0.717, 1.165) is 21.7 Å². The standard InChI is InChI=1S/C20H23NO3S/c1-13-9-8-10-14(2)18(13)21-19(22)15(3)24-20(23)16(4)25-17-11-6-5-7-12-17/h5-12,15-16H,1-4H3,(H,21,22)/t15-,16-/m0/s1. The molecule has 0 aromatic heterocycles. The first-order valence-electron chi connectivity index (χ1n) is 8.17. The summed E-state index contributed by atoms with van der Waals surface area (Å²) in [6.45, 7) is 7.21. The van der Waals surface area contributed by atoms with Crippen molar-refractivity contribution < 1.29 is 14.3 Å². The van der Waals surface area contributed by atoms with Gasteiger partial charge in [-0.05, 0) is 51.0 Å². The van der Waals surface area contributed by atoms with Crippen molar-refractivity contribution in [3.05, 3.63) is 59.7 Å². The molecule has 2 aromatic carbocycles. The molecule has 25 heavy (non-hydrogen) atoms. The van der Waals surface area contributed by atoms with Crippen molar-refractivity contribution in [2.45, 2.75) is 43.9 Å². The molecule has 1 N–H and O–H groups in total. The molecule has 2 aromatic rings. The molecule has 0 aliphatic heterocycles. The van der Waals surface area contributed by atoms with Gasteiger partial charge in [-0.3, -0.25) is 9.59 Å². The fraction of sp³-hybridized carbons (Fsp3) is 0.300. The highest BCUT2D eigenvalue weighted by Crippen LogP contribution is 2.24. The molecule has 2 rings (SSSR count). The highest BCUT2D eigenvalue weighted by atomic mass is 32.2. The Hall–Kier alpha value is -2.27. The number of carbonyl (C=O) groups excluding carboxylic acids is 2. The SMILES string of the molecule is Cc1cccc(C)c1NC(=O)[C@H](C)OC(=O)[C@H](C)Sc1ccccc1. The molecule has 2 atom stereocenters. The molecule has 0 heterocycles. The molecule has 0 fully saturated rings. The zero-order valence-corrected chi connectivity index (χ0v) is 15.7. The minimum atomic E-state index is -0.856. The second-order valence-electron chi connectivity index (χ2n) is 5.91. The topological polar surface area (TPSA) is 55.4 Å². The van der Waals surface area contributed by atoms with Crippen LogP contribution in [-0.4, -0.2) is 23.2 Å². The van der Waals surface area contributed by atoms with E-state index in [0.29, 0.717) is 0 Å². The van der Waals surface area contributed by atoms with Crippen LogP contribution in [0.1, 0.15) is 25.0 Å². The number of para-hydroxylation sites is 1. The van der Waals surface area contributed by atoms with Gasteiger partial charge in [0.15, 0.2) is 6.10 Å². The van der Waals surface area contributed by atoms with Gasteiger partial charge in [-0.2, -0.15) is 0 Å². The zero-order chi connectivity index (χ0) is 18.4. The highest BCUT2D eigenvalue weighted by molar-refractivity contribution is 8.00. The van der Waals surface area contributed by atoms with Crippen LogP contribution in [0.2, 0.25) is 0 Å². The van der Waals surface area contributed by atoms with Crippen molar-refractivity contribution in [2.75, 3.05) is 5.32 Å². The second-order valence-corrected chi connectivity index (χ2v) is 7.32. The lowest BCUT2D eigenvalue weighted by Gasteiger charge is -2.18. The Morgan fingerprint density at radius 3 is 2.16 bits per heavy atom. The van der Waals surface area contributed by atoms with Gasteiger partial charge >= 0.3 is 5.97 Å². The van der Waals surface area contributed by atoms with Gasteiger partial charge in [0.2, 0.25) is 0 Å². The molecule has 0 saturated heterocycles. The van der Waals surface area contributed by atoms with E-state index in [1.807, 2.05) is 62.4 Å². The van der Waals surface area contributed by atoms with E-state index in [1.165, 1.54) is 11.8 Å². The van der Waals surface area contributed by atoms with E-state index in [2.05, 4.69) is 5.32 Å². The first-order valence-corrected chi connectivity index (χ1v) is 9.05. The number of nitrogens with one attached hydrogen (secondary N) is 1. The van der Waals surface area contributed by atoms with E-state index in [1.54, 1.807) is 13.8 Å². The van der Waals surface area contributed by atoms with Crippen LogP contribution in [0.25, 0.3) is 0 Å². The predicted molar refractivity (Wildman–Crippen MR) is 102 cm³/mol. The molecule has 132 valence electrons. The Balaban J connectivity index is 1.93. The Labute approximate surface area is 153 Å². The normalized spacial score (nSPS) is 13.0. The first-order chi connectivity index (χ1) is 11.9. The number of benzene rings is 2. The van der Waals surface area contributed by atoms with E-state index in [4.69, 9.17) is 4.74 Å². The molecule has 4 nitrogen and oxygen atoms in total. The minimum absolute atomic E-state index is 0.331. The molecule has 1 amide bonds. The van der Waals surface area contributed by atoms with E-state index in [-0.39, 0.29) is 5.91 Å². The van der Waals surface area contributed by atoms with Crippen molar-refractivity contribution in [3.8, 4) is 0 Å². The zero-order valence-electron chi connectivity index (χ0n) is 14.9. The molecule has 0 bridgehead atoms. The average molecular weight is 357 g/mol. The Morgan fingerprint density at radius 1 is 0.960 bits per heavy atom. The van der Waals surface area contributed by atoms with Gasteiger partial charge in [-0.25, -0.2) is 0 Å². The quantitative estimate of drug-likeness (QED) is 0.617. The summed E-state index contributed by atoms with van der Waals surface area (Å²) in [4.78, 5) is 25.5. The molecule has 0 aliphatic rings. The maximum Gasteiger partial charge on any atom is 0.319 e. The summed E-state index contributed by atoms with van der Waals surface area (Å²) in [5, 5.41) is 2.46. The number of amides is 1. The van der Waals surface area contributed by atoms with Crippen LogP contribution >= 0.6 is 11.8 Å². The van der Waals surface area contributed by atoms with Crippen LogP contribution in [0.5, 0.6) is 0 Å². The minimum Gasteiger partial charge on any atom is -0.452 e. The average Bonchev–Trinajstić information content (AvgIpc) is 2.58. The molecule has 0 saturated carbocycles. The number of rotatable bonds is 6. The van der Waals surface area contributed by atoms with Gasteiger partial charge in [0, 0.05) is 10.6 Å². The largest absolute Gasteiger partial charge is 0.452 e. The monoisotopic (exact) mass is 357 g/mol. The fourth-order valence-corrected chi connectivity index (χ4v) is 3.19. The van der Waals surface area contributed by atoms with Crippen LogP contribution in [0.15, 0.2) is 53.4 Å². The molecule has 0 unspecified atom stereocenters. The van der Waals surface area contributed by atoms with E-state index in [9.17, 15) is 9.59 Å². The van der Waals surface area contributed by atoms with E-state index < -0.39 is 17.3 Å². The van der Waals surface area contributed by atoms with Gasteiger partial charge in [-0.1, -0.05) is 36.4 Å². The van der Waals surface area contributed by atoms with Gasteiger partial charge in [0.1, 0.15) is 5.25 Å². The van der Waals surface area contributed by atoms with Crippen LogP contribution in [-0.2, 0) is 14.3 Å². The summed E-state index contributed by atoms with van der Waals surface area (Å²) in [5.74, 6) is -0.735. The van der Waals surface area contributed by atoms with Crippen molar-refractivity contribution >= 4 is 29.3 Å². The van der Waals surface area contributed by atoms with Crippen molar-refractivity contribution in [1.29, 1.82) is 0 Å². The third-order valence-electron chi connectivity index (χ3n) is 3.78. The van der Waals surface area contributed by atoms with Crippen LogP contribution in [0, 0.1) is 13.8 Å². The van der Waals surface area contributed by atoms with Crippen molar-refractivity contribution in [2.24, 2.45) is 0 Å². The van der Waals surface area contributed by atoms with Crippen molar-refractivity contribution in [3.63, 3.8) is 0 Å². The van der Waals surface area contributed by atoms with Gasteiger partial charge in [0.25, 0.3) is 5.91 Å². The van der Waals surface area contributed by atoms with E-state index >= 15 is 0 Å². The first kappa shape index (κ1) is 19.1. The molecule has 0 spiro atoms. The maximum absolute atomic E-state index is 12.3. The highest BCUT2D eigenvalue weighted by Gasteiger charge is 2.23. The molecule has 5 heteroatoms. The fourth-order valence-electron chi connectivity index (χ4n) is 2.31. The lowest BCUT2D eigenvalue weighted by atomic mass is 10.1. The van der Waals surface area contributed by atoms with Gasteiger partial charge < -0.3 is 10.1 Å². The molecular formula is C20H23NO3S. The van der Waals surface area contributed by atoms with Gasteiger partial charge in [0.05, 0.1) is 0 Å². The van der Waals surface area contributed by atoms with Crippen LogP contribution in [0.3, 0.4) is 0 Å². The number of esters is 1. The Bertz CT molecular complexity index is 726. The summed E-state index contributed by atoms with van der Waals surface area (Å²) in [6.07, 6.45) is -0.856. The number of hydrogen-bond donors (Lipinski definition) is 1. The molecule has 0 aliphatic carbocycles. The second kappa shape index (κ2) is 8.72. The number of hydrogen-bond acceptors (Lipinski definition) is 4. The maximum atomic E-state index is 12.3. The summed E-state index contributed by atoms with van der Waals surface area (Å²) < 4.78 is 5.33. The molecular weight excluding hydrogens is 334 g/mol. The summed E-state index contributed by atoms with van der Waals surface area (Å²) >= 11 is 1.41. The molecule has 0 radical (unpaired) electrons. The summed E-state index contributed by atoms with van der Waals surface area (Å²) in [6, 6.07) is 15.4. The number of carbonyl (C=O) groups is 2. The smallest absolute Gasteiger partial charge is 0.319 e. The number of thioether (sulfide) groups is 1.